The molecular formula is C20H33ClN4O2. The zero-order valence-corrected chi connectivity index (χ0v) is 17.3. The maximum absolute atomic E-state index is 12.4. The summed E-state index contributed by atoms with van der Waals surface area (Å²) in [6.45, 7) is 7.46. The van der Waals surface area contributed by atoms with Crippen LogP contribution in [0, 0.1) is 0 Å². The molecule has 1 saturated heterocycles. The van der Waals surface area contributed by atoms with Gasteiger partial charge in [0.15, 0.2) is 0 Å². The predicted octanol–water partition coefficient (Wildman–Crippen LogP) is 2.17. The van der Waals surface area contributed by atoms with Gasteiger partial charge in [0.2, 0.25) is 11.8 Å². The highest BCUT2D eigenvalue weighted by atomic mass is 35.5. The second-order valence-electron chi connectivity index (χ2n) is 7.23. The lowest BCUT2D eigenvalue weighted by Crippen LogP contribution is -2.51. The number of para-hydroxylation sites is 1. The van der Waals surface area contributed by atoms with Gasteiger partial charge in [0, 0.05) is 44.8 Å². The van der Waals surface area contributed by atoms with Crippen molar-refractivity contribution >= 4 is 29.9 Å². The molecule has 0 bridgehead atoms. The van der Waals surface area contributed by atoms with Crippen LogP contribution in [0.25, 0.3) is 0 Å². The molecule has 27 heavy (non-hydrogen) atoms. The van der Waals surface area contributed by atoms with E-state index in [9.17, 15) is 9.59 Å². The van der Waals surface area contributed by atoms with Gasteiger partial charge in [-0.2, -0.15) is 0 Å². The van der Waals surface area contributed by atoms with E-state index >= 15 is 0 Å². The molecule has 6 nitrogen and oxygen atoms in total. The Kier molecular flexibility index (Phi) is 9.60. The Hall–Kier alpha value is -1.79. The molecule has 1 heterocycles. The van der Waals surface area contributed by atoms with E-state index in [4.69, 9.17) is 5.73 Å². The summed E-state index contributed by atoms with van der Waals surface area (Å²) in [5, 5.41) is 2.85. The number of nitrogens with zero attached hydrogens (tertiary/aromatic N) is 2. The van der Waals surface area contributed by atoms with Crippen molar-refractivity contribution in [3.63, 3.8) is 0 Å². The van der Waals surface area contributed by atoms with Gasteiger partial charge >= 0.3 is 0 Å². The molecule has 0 saturated carbocycles. The van der Waals surface area contributed by atoms with E-state index in [1.54, 1.807) is 6.92 Å². The van der Waals surface area contributed by atoms with E-state index in [0.29, 0.717) is 25.8 Å². The Bertz CT molecular complexity index is 587. The average Bonchev–Trinajstić information content (AvgIpc) is 2.65. The van der Waals surface area contributed by atoms with Crippen molar-refractivity contribution in [2.75, 3.05) is 37.6 Å². The van der Waals surface area contributed by atoms with Crippen molar-refractivity contribution in [2.45, 2.75) is 45.1 Å². The maximum Gasteiger partial charge on any atom is 0.239 e. The SMILES string of the molecule is CCCC(C)(N)C(=O)NCCCC(=O)N1CCN(c2ccccc2)CC1.Cl. The normalized spacial score (nSPS) is 16.3. The lowest BCUT2D eigenvalue weighted by atomic mass is 9.96. The van der Waals surface area contributed by atoms with Crippen LogP contribution in [0.3, 0.4) is 0 Å². The van der Waals surface area contributed by atoms with Crippen LogP contribution in [0.1, 0.15) is 39.5 Å². The van der Waals surface area contributed by atoms with Gasteiger partial charge in [-0.3, -0.25) is 9.59 Å². The van der Waals surface area contributed by atoms with E-state index in [-0.39, 0.29) is 24.2 Å². The van der Waals surface area contributed by atoms with E-state index in [2.05, 4.69) is 22.3 Å². The molecule has 152 valence electrons. The Morgan fingerprint density at radius 1 is 1.15 bits per heavy atom. The van der Waals surface area contributed by atoms with Crippen molar-refractivity contribution in [1.82, 2.24) is 10.2 Å². The predicted molar refractivity (Wildman–Crippen MR) is 112 cm³/mol. The molecule has 0 aromatic heterocycles. The van der Waals surface area contributed by atoms with E-state index < -0.39 is 5.54 Å². The van der Waals surface area contributed by atoms with Gasteiger partial charge in [0.05, 0.1) is 5.54 Å². The van der Waals surface area contributed by atoms with Crippen LogP contribution in [0.15, 0.2) is 30.3 Å². The first-order chi connectivity index (χ1) is 12.4. The fourth-order valence-corrected chi connectivity index (χ4v) is 3.29. The van der Waals surface area contributed by atoms with E-state index in [1.165, 1.54) is 5.69 Å². The molecular weight excluding hydrogens is 364 g/mol. The standard InChI is InChI=1S/C20H32N4O2.ClH/c1-3-11-20(2,21)19(26)22-12-7-10-18(25)24-15-13-23(14-16-24)17-8-5-4-6-9-17;/h4-6,8-9H,3,7,10-16,21H2,1-2H3,(H,22,26);1H. The first-order valence-corrected chi connectivity index (χ1v) is 9.59. The Morgan fingerprint density at radius 3 is 2.37 bits per heavy atom. The summed E-state index contributed by atoms with van der Waals surface area (Å²) in [6, 6.07) is 10.3. The van der Waals surface area contributed by atoms with E-state index in [0.717, 1.165) is 32.6 Å². The highest BCUT2D eigenvalue weighted by molar-refractivity contribution is 5.85. The van der Waals surface area contributed by atoms with Crippen LogP contribution in [0.5, 0.6) is 0 Å². The largest absolute Gasteiger partial charge is 0.368 e. The highest BCUT2D eigenvalue weighted by Crippen LogP contribution is 2.16. The third-order valence-corrected chi connectivity index (χ3v) is 4.89. The summed E-state index contributed by atoms with van der Waals surface area (Å²) < 4.78 is 0. The minimum absolute atomic E-state index is 0. The summed E-state index contributed by atoms with van der Waals surface area (Å²) in [6.07, 6.45) is 2.63. The number of anilines is 1. The smallest absolute Gasteiger partial charge is 0.239 e. The Balaban J connectivity index is 0.00000364. The lowest BCUT2D eigenvalue weighted by molar-refractivity contribution is -0.132. The third-order valence-electron chi connectivity index (χ3n) is 4.89. The number of carbonyl (C=O) groups is 2. The zero-order valence-electron chi connectivity index (χ0n) is 16.4. The minimum Gasteiger partial charge on any atom is -0.368 e. The molecule has 2 amide bonds. The van der Waals surface area contributed by atoms with Crippen molar-refractivity contribution in [3.8, 4) is 0 Å². The molecule has 1 aromatic carbocycles. The number of piperazine rings is 1. The second kappa shape index (κ2) is 11.1. The molecule has 1 fully saturated rings. The van der Waals surface area contributed by atoms with Crippen molar-refractivity contribution in [3.05, 3.63) is 30.3 Å². The van der Waals surface area contributed by atoms with Gasteiger partial charge in [0.1, 0.15) is 0 Å². The second-order valence-corrected chi connectivity index (χ2v) is 7.23. The van der Waals surface area contributed by atoms with Gasteiger partial charge in [-0.15, -0.1) is 12.4 Å². The number of benzene rings is 1. The minimum atomic E-state index is -0.827. The molecule has 1 atom stereocenters. The van der Waals surface area contributed by atoms with Gasteiger partial charge < -0.3 is 20.9 Å². The fraction of sp³-hybridized carbons (Fsp3) is 0.600. The molecule has 1 unspecified atom stereocenters. The van der Waals surface area contributed by atoms with Crippen molar-refractivity contribution in [2.24, 2.45) is 5.73 Å². The lowest BCUT2D eigenvalue weighted by Gasteiger charge is -2.36. The molecule has 1 aromatic rings. The molecule has 3 N–H and O–H groups in total. The van der Waals surface area contributed by atoms with Gasteiger partial charge in [-0.05, 0) is 31.9 Å². The van der Waals surface area contributed by atoms with E-state index in [1.807, 2.05) is 30.0 Å². The number of carbonyl (C=O) groups excluding carboxylic acids is 2. The van der Waals surface area contributed by atoms with Gasteiger partial charge in [0.25, 0.3) is 0 Å². The molecule has 1 aliphatic heterocycles. The maximum atomic E-state index is 12.4. The van der Waals surface area contributed by atoms with Gasteiger partial charge in [-0.25, -0.2) is 0 Å². The van der Waals surface area contributed by atoms with Crippen LogP contribution >= 0.6 is 12.4 Å². The van der Waals surface area contributed by atoms with Crippen LogP contribution in [-0.4, -0.2) is 55.0 Å². The quantitative estimate of drug-likeness (QED) is 0.660. The summed E-state index contributed by atoms with van der Waals surface area (Å²) in [5.74, 6) is 0.0271. The number of nitrogens with one attached hydrogen (secondary N) is 1. The number of amides is 2. The third kappa shape index (κ3) is 7.03. The molecule has 1 aliphatic rings. The van der Waals surface area contributed by atoms with Crippen LogP contribution < -0.4 is 16.0 Å². The van der Waals surface area contributed by atoms with Gasteiger partial charge in [-0.1, -0.05) is 31.5 Å². The monoisotopic (exact) mass is 396 g/mol. The first kappa shape index (κ1) is 23.2. The number of nitrogens with two attached hydrogens (primary N) is 1. The number of hydrogen-bond donors (Lipinski definition) is 2. The Labute approximate surface area is 168 Å². The molecule has 0 radical (unpaired) electrons. The fourth-order valence-electron chi connectivity index (χ4n) is 3.29. The van der Waals surface area contributed by atoms with Crippen LogP contribution in [0.4, 0.5) is 5.69 Å². The summed E-state index contributed by atoms with van der Waals surface area (Å²) in [5.41, 5.74) is 6.38. The number of hydrogen-bond acceptors (Lipinski definition) is 4. The molecule has 0 spiro atoms. The molecule has 7 heteroatoms. The summed E-state index contributed by atoms with van der Waals surface area (Å²) >= 11 is 0. The number of halogens is 1. The number of rotatable bonds is 8. The topological polar surface area (TPSA) is 78.7 Å². The highest BCUT2D eigenvalue weighted by Gasteiger charge is 2.26. The average molecular weight is 397 g/mol. The molecule has 2 rings (SSSR count). The Morgan fingerprint density at radius 2 is 1.78 bits per heavy atom. The summed E-state index contributed by atoms with van der Waals surface area (Å²) in [7, 11) is 0. The summed E-state index contributed by atoms with van der Waals surface area (Å²) in [4.78, 5) is 28.6. The zero-order chi connectivity index (χ0) is 19.0. The van der Waals surface area contributed by atoms with Crippen molar-refractivity contribution in [1.29, 1.82) is 0 Å². The molecule has 0 aliphatic carbocycles. The van der Waals surface area contributed by atoms with Crippen LogP contribution in [0.2, 0.25) is 0 Å². The van der Waals surface area contributed by atoms with Crippen LogP contribution in [-0.2, 0) is 9.59 Å². The first-order valence-electron chi connectivity index (χ1n) is 9.59. The van der Waals surface area contributed by atoms with Crippen molar-refractivity contribution < 1.29 is 9.59 Å².